The van der Waals surface area contributed by atoms with Gasteiger partial charge in [0, 0.05) is 6.08 Å². The molecule has 2 aromatic carbocycles. The molecule has 0 aliphatic heterocycles. The van der Waals surface area contributed by atoms with E-state index in [1.165, 1.54) is 11.6 Å². The number of carbonyl (C=O) groups excluding carboxylic acids is 1. The molecule has 27 heavy (non-hydrogen) atoms. The van der Waals surface area contributed by atoms with Gasteiger partial charge in [0.1, 0.15) is 5.75 Å². The van der Waals surface area contributed by atoms with Crippen LogP contribution in [0.25, 0.3) is 6.08 Å². The lowest BCUT2D eigenvalue weighted by Gasteiger charge is -2.36. The number of benzene rings is 2. The molecule has 2 nitrogen and oxygen atoms in total. The van der Waals surface area contributed by atoms with Crippen LogP contribution >= 0.6 is 0 Å². The van der Waals surface area contributed by atoms with Crippen molar-refractivity contribution < 1.29 is 9.53 Å². The minimum absolute atomic E-state index is 0.171. The molecule has 0 aromatic heterocycles. The summed E-state index contributed by atoms with van der Waals surface area (Å²) in [5.41, 5.74) is 2.69. The van der Waals surface area contributed by atoms with Crippen LogP contribution in [0.3, 0.4) is 0 Å². The molecular formula is C25H32O2. The highest BCUT2D eigenvalue weighted by atomic mass is 16.5. The summed E-state index contributed by atoms with van der Waals surface area (Å²) >= 11 is 0. The quantitative estimate of drug-likeness (QED) is 0.329. The molecule has 0 heterocycles. The molecule has 0 N–H and O–H groups in total. The SMILES string of the molecule is CC(C)(C)CC(c1ccc(OC(=O)C=Cc2ccccc2)cc1)C(C)(C)C. The van der Waals surface area contributed by atoms with Crippen molar-refractivity contribution >= 4 is 12.0 Å². The molecule has 1 atom stereocenters. The largest absolute Gasteiger partial charge is 0.423 e. The van der Waals surface area contributed by atoms with Gasteiger partial charge in [0.15, 0.2) is 0 Å². The Bertz CT molecular complexity index is 757. The summed E-state index contributed by atoms with van der Waals surface area (Å²) in [7, 11) is 0. The van der Waals surface area contributed by atoms with Crippen LogP contribution in [0.4, 0.5) is 0 Å². The van der Waals surface area contributed by atoms with Gasteiger partial charge in [-0.15, -0.1) is 0 Å². The predicted octanol–water partition coefficient (Wildman–Crippen LogP) is 6.87. The summed E-state index contributed by atoms with van der Waals surface area (Å²) in [6, 6.07) is 17.7. The van der Waals surface area contributed by atoms with E-state index in [1.807, 2.05) is 42.5 Å². The molecule has 144 valence electrons. The second kappa shape index (κ2) is 8.56. The molecule has 0 radical (unpaired) electrons. The van der Waals surface area contributed by atoms with Crippen molar-refractivity contribution in [2.24, 2.45) is 10.8 Å². The first-order chi connectivity index (χ1) is 12.5. The van der Waals surface area contributed by atoms with Crippen molar-refractivity contribution in [1.29, 1.82) is 0 Å². The smallest absolute Gasteiger partial charge is 0.336 e. The molecule has 0 bridgehead atoms. The number of carbonyl (C=O) groups is 1. The van der Waals surface area contributed by atoms with Crippen LogP contribution < -0.4 is 4.74 Å². The molecule has 0 saturated carbocycles. The first kappa shape index (κ1) is 21.0. The van der Waals surface area contributed by atoms with Gasteiger partial charge in [-0.25, -0.2) is 4.79 Å². The van der Waals surface area contributed by atoms with E-state index in [4.69, 9.17) is 4.74 Å². The van der Waals surface area contributed by atoms with Gasteiger partial charge in [-0.3, -0.25) is 0 Å². The lowest BCUT2D eigenvalue weighted by Crippen LogP contribution is -2.23. The molecule has 0 aliphatic carbocycles. The predicted molar refractivity (Wildman–Crippen MR) is 114 cm³/mol. The fourth-order valence-corrected chi connectivity index (χ4v) is 3.18. The van der Waals surface area contributed by atoms with Gasteiger partial charge in [-0.1, -0.05) is 84.0 Å². The molecule has 0 amide bonds. The van der Waals surface area contributed by atoms with E-state index in [-0.39, 0.29) is 16.8 Å². The van der Waals surface area contributed by atoms with Crippen molar-refractivity contribution in [1.82, 2.24) is 0 Å². The van der Waals surface area contributed by atoms with Crippen LogP contribution in [0.15, 0.2) is 60.7 Å². The van der Waals surface area contributed by atoms with Crippen molar-refractivity contribution in [2.75, 3.05) is 0 Å². The molecular weight excluding hydrogens is 332 g/mol. The Morgan fingerprint density at radius 1 is 0.926 bits per heavy atom. The fraction of sp³-hybridized carbons (Fsp3) is 0.400. The lowest BCUT2D eigenvalue weighted by atomic mass is 9.69. The number of ether oxygens (including phenoxy) is 1. The summed E-state index contributed by atoms with van der Waals surface area (Å²) in [6.45, 7) is 13.7. The fourth-order valence-electron chi connectivity index (χ4n) is 3.18. The zero-order chi connectivity index (χ0) is 20.1. The zero-order valence-corrected chi connectivity index (χ0v) is 17.5. The molecule has 2 rings (SSSR count). The summed E-state index contributed by atoms with van der Waals surface area (Å²) in [5.74, 6) is 0.652. The van der Waals surface area contributed by atoms with Gasteiger partial charge < -0.3 is 4.74 Å². The second-order valence-electron chi connectivity index (χ2n) is 9.42. The topological polar surface area (TPSA) is 26.3 Å². The van der Waals surface area contributed by atoms with E-state index in [9.17, 15) is 4.79 Å². The van der Waals surface area contributed by atoms with E-state index < -0.39 is 0 Å². The van der Waals surface area contributed by atoms with Crippen LogP contribution in [0.2, 0.25) is 0 Å². The van der Waals surface area contributed by atoms with Gasteiger partial charge in [0.05, 0.1) is 0 Å². The van der Waals surface area contributed by atoms with Crippen molar-refractivity contribution in [3.8, 4) is 5.75 Å². The first-order valence-corrected chi connectivity index (χ1v) is 9.59. The second-order valence-corrected chi connectivity index (χ2v) is 9.42. The van der Waals surface area contributed by atoms with Crippen LogP contribution in [0.1, 0.15) is 65.0 Å². The molecule has 0 fully saturated rings. The Hall–Kier alpha value is -2.35. The highest BCUT2D eigenvalue weighted by Gasteiger charge is 2.30. The van der Waals surface area contributed by atoms with Gasteiger partial charge in [-0.05, 0) is 52.5 Å². The minimum Gasteiger partial charge on any atom is -0.423 e. The zero-order valence-electron chi connectivity index (χ0n) is 17.5. The molecule has 0 aliphatic rings. The average Bonchev–Trinajstić information content (AvgIpc) is 2.58. The minimum atomic E-state index is -0.367. The molecule has 2 aromatic rings. The third-order valence-corrected chi connectivity index (χ3v) is 4.57. The van der Waals surface area contributed by atoms with Crippen LogP contribution in [0, 0.1) is 10.8 Å². The maximum atomic E-state index is 12.0. The highest BCUT2D eigenvalue weighted by molar-refractivity contribution is 5.88. The maximum absolute atomic E-state index is 12.0. The van der Waals surface area contributed by atoms with E-state index >= 15 is 0 Å². The number of hydrogen-bond acceptors (Lipinski definition) is 2. The van der Waals surface area contributed by atoms with Crippen molar-refractivity contribution in [3.05, 3.63) is 71.8 Å². The summed E-state index contributed by atoms with van der Waals surface area (Å²) in [5, 5.41) is 0. The Kier molecular flexibility index (Phi) is 6.64. The monoisotopic (exact) mass is 364 g/mol. The third-order valence-electron chi connectivity index (χ3n) is 4.57. The molecule has 0 spiro atoms. The normalized spacial score (nSPS) is 13.6. The summed E-state index contributed by atoms with van der Waals surface area (Å²) < 4.78 is 5.43. The van der Waals surface area contributed by atoms with E-state index in [0.717, 1.165) is 12.0 Å². The first-order valence-electron chi connectivity index (χ1n) is 9.59. The number of esters is 1. The summed E-state index contributed by atoms with van der Waals surface area (Å²) in [6.07, 6.45) is 4.33. The highest BCUT2D eigenvalue weighted by Crippen LogP contribution is 2.43. The lowest BCUT2D eigenvalue weighted by molar-refractivity contribution is -0.128. The third kappa shape index (κ3) is 7.05. The average molecular weight is 365 g/mol. The van der Waals surface area contributed by atoms with Gasteiger partial charge in [0.25, 0.3) is 0 Å². The molecule has 0 saturated heterocycles. The Balaban J connectivity index is 2.07. The van der Waals surface area contributed by atoms with E-state index in [0.29, 0.717) is 11.7 Å². The van der Waals surface area contributed by atoms with Crippen LogP contribution in [-0.2, 0) is 4.79 Å². The van der Waals surface area contributed by atoms with Gasteiger partial charge >= 0.3 is 5.97 Å². The van der Waals surface area contributed by atoms with Gasteiger partial charge in [-0.2, -0.15) is 0 Å². The standard InChI is InChI=1S/C25H32O2/c1-24(2,3)18-22(25(4,5)6)20-13-15-21(16-14-20)27-23(26)17-12-19-10-8-7-9-11-19/h7-17,22H,18H2,1-6H3. The van der Waals surface area contributed by atoms with E-state index in [2.05, 4.69) is 53.7 Å². The Labute approximate surface area is 164 Å². The number of rotatable bonds is 5. The number of hydrogen-bond donors (Lipinski definition) is 0. The van der Waals surface area contributed by atoms with Crippen molar-refractivity contribution in [3.63, 3.8) is 0 Å². The molecule has 1 unspecified atom stereocenters. The molecule has 2 heteroatoms. The summed E-state index contributed by atoms with van der Waals surface area (Å²) in [4.78, 5) is 12.0. The maximum Gasteiger partial charge on any atom is 0.336 e. The Morgan fingerprint density at radius 2 is 1.52 bits per heavy atom. The van der Waals surface area contributed by atoms with Gasteiger partial charge in [0.2, 0.25) is 0 Å². The van der Waals surface area contributed by atoms with E-state index in [1.54, 1.807) is 6.08 Å². The van der Waals surface area contributed by atoms with Crippen LogP contribution in [0.5, 0.6) is 5.75 Å². The Morgan fingerprint density at radius 3 is 2.04 bits per heavy atom. The van der Waals surface area contributed by atoms with Crippen molar-refractivity contribution in [2.45, 2.75) is 53.9 Å². The van der Waals surface area contributed by atoms with Crippen LogP contribution in [-0.4, -0.2) is 5.97 Å².